The lowest BCUT2D eigenvalue weighted by molar-refractivity contribution is -0.134. The van der Waals surface area contributed by atoms with Crippen LogP contribution in [0.25, 0.3) is 0 Å². The van der Waals surface area contributed by atoms with Crippen LogP contribution >= 0.6 is 0 Å². The van der Waals surface area contributed by atoms with Crippen molar-refractivity contribution in [2.75, 3.05) is 20.7 Å². The molecular weight excluding hydrogens is 288 g/mol. The summed E-state index contributed by atoms with van der Waals surface area (Å²) in [6.45, 7) is 2.68. The molecule has 1 fully saturated rings. The summed E-state index contributed by atoms with van der Waals surface area (Å²) in [5.41, 5.74) is 7.16. The zero-order chi connectivity index (χ0) is 16.9. The molecule has 128 valence electrons. The average Bonchev–Trinajstić information content (AvgIpc) is 2.61. The molecule has 1 atom stereocenters. The van der Waals surface area contributed by atoms with Gasteiger partial charge in [-0.2, -0.15) is 0 Å². The molecule has 0 bridgehead atoms. The number of benzene rings is 1. The second-order valence-corrected chi connectivity index (χ2v) is 6.90. The van der Waals surface area contributed by atoms with Crippen molar-refractivity contribution in [3.05, 3.63) is 29.8 Å². The van der Waals surface area contributed by atoms with Crippen molar-refractivity contribution >= 4 is 5.91 Å². The number of carbonyl (C=O) groups is 1. The predicted molar refractivity (Wildman–Crippen MR) is 93.4 cm³/mol. The summed E-state index contributed by atoms with van der Waals surface area (Å²) < 4.78 is 5.19. The van der Waals surface area contributed by atoms with Crippen molar-refractivity contribution < 1.29 is 9.53 Å². The molecule has 1 unspecified atom stereocenters. The fourth-order valence-electron chi connectivity index (χ4n) is 3.52. The predicted octanol–water partition coefficient (Wildman–Crippen LogP) is 3.51. The number of ether oxygens (including phenoxy) is 1. The molecule has 1 saturated carbocycles. The molecule has 0 saturated heterocycles. The number of carbonyl (C=O) groups excluding carboxylic acids is 1. The highest BCUT2D eigenvalue weighted by atomic mass is 16.5. The third-order valence-corrected chi connectivity index (χ3v) is 5.45. The van der Waals surface area contributed by atoms with Crippen molar-refractivity contribution in [3.63, 3.8) is 0 Å². The van der Waals surface area contributed by atoms with Gasteiger partial charge in [0.1, 0.15) is 5.75 Å². The molecule has 0 aromatic heterocycles. The largest absolute Gasteiger partial charge is 0.497 e. The Labute approximate surface area is 140 Å². The summed E-state index contributed by atoms with van der Waals surface area (Å²) in [5.74, 6) is 1.03. The normalized spacial score (nSPS) is 18.3. The van der Waals surface area contributed by atoms with E-state index in [1.54, 1.807) is 7.11 Å². The van der Waals surface area contributed by atoms with Crippen LogP contribution in [0.15, 0.2) is 24.3 Å². The van der Waals surface area contributed by atoms with Crippen molar-refractivity contribution in [2.45, 2.75) is 51.5 Å². The molecule has 1 amide bonds. The maximum atomic E-state index is 12.8. The van der Waals surface area contributed by atoms with Gasteiger partial charge >= 0.3 is 0 Å². The molecule has 2 rings (SSSR count). The standard InChI is InChI=1S/C19H30N2O2/c1-15(16-7-9-17(23-3)10-8-16)21(2)18(22)13-19(14-20)11-5-4-6-12-19/h7-10,15H,4-6,11-14,20H2,1-3H3. The summed E-state index contributed by atoms with van der Waals surface area (Å²) in [5, 5.41) is 0. The Balaban J connectivity index is 2.02. The van der Waals surface area contributed by atoms with E-state index in [0.717, 1.165) is 24.2 Å². The molecule has 2 N–H and O–H groups in total. The third kappa shape index (κ3) is 4.25. The van der Waals surface area contributed by atoms with Gasteiger partial charge in [-0.05, 0) is 49.4 Å². The monoisotopic (exact) mass is 318 g/mol. The average molecular weight is 318 g/mol. The van der Waals surface area contributed by atoms with Gasteiger partial charge in [0.25, 0.3) is 0 Å². The highest BCUT2D eigenvalue weighted by Gasteiger charge is 2.34. The van der Waals surface area contributed by atoms with Crippen LogP contribution in [0.1, 0.15) is 57.1 Å². The van der Waals surface area contributed by atoms with Crippen molar-refractivity contribution in [1.82, 2.24) is 4.90 Å². The third-order valence-electron chi connectivity index (χ3n) is 5.45. The summed E-state index contributed by atoms with van der Waals surface area (Å²) in [6.07, 6.45) is 6.40. The van der Waals surface area contributed by atoms with Crippen LogP contribution in [0.2, 0.25) is 0 Å². The molecule has 1 aliphatic carbocycles. The summed E-state index contributed by atoms with van der Waals surface area (Å²) in [6, 6.07) is 7.96. The van der Waals surface area contributed by atoms with Crippen molar-refractivity contribution in [2.24, 2.45) is 11.1 Å². The lowest BCUT2D eigenvalue weighted by atomic mass is 9.71. The fourth-order valence-corrected chi connectivity index (χ4v) is 3.52. The number of amides is 1. The molecular formula is C19H30N2O2. The highest BCUT2D eigenvalue weighted by molar-refractivity contribution is 5.77. The Morgan fingerprint density at radius 1 is 1.26 bits per heavy atom. The second-order valence-electron chi connectivity index (χ2n) is 6.90. The molecule has 0 aliphatic heterocycles. The number of hydrogen-bond donors (Lipinski definition) is 1. The van der Waals surface area contributed by atoms with E-state index in [-0.39, 0.29) is 17.4 Å². The first kappa shape index (κ1) is 17.8. The van der Waals surface area contributed by atoms with Gasteiger partial charge in [-0.15, -0.1) is 0 Å². The Morgan fingerprint density at radius 3 is 2.39 bits per heavy atom. The second kappa shape index (κ2) is 7.82. The summed E-state index contributed by atoms with van der Waals surface area (Å²) in [7, 11) is 3.55. The van der Waals surface area contributed by atoms with Gasteiger partial charge < -0.3 is 15.4 Å². The van der Waals surface area contributed by atoms with Crippen molar-refractivity contribution in [1.29, 1.82) is 0 Å². The van der Waals surface area contributed by atoms with E-state index in [9.17, 15) is 4.79 Å². The van der Waals surface area contributed by atoms with E-state index in [0.29, 0.717) is 13.0 Å². The number of nitrogens with zero attached hydrogens (tertiary/aromatic N) is 1. The summed E-state index contributed by atoms with van der Waals surface area (Å²) in [4.78, 5) is 14.6. The van der Waals surface area contributed by atoms with E-state index >= 15 is 0 Å². The van der Waals surface area contributed by atoms with Gasteiger partial charge in [0.05, 0.1) is 13.2 Å². The smallest absolute Gasteiger partial charge is 0.223 e. The van der Waals surface area contributed by atoms with Gasteiger partial charge in [0.15, 0.2) is 0 Å². The Hall–Kier alpha value is -1.55. The SMILES string of the molecule is COc1ccc(C(C)N(C)C(=O)CC2(CN)CCCCC2)cc1. The van der Waals surface area contributed by atoms with Gasteiger partial charge in [-0.3, -0.25) is 4.79 Å². The molecule has 0 heterocycles. The molecule has 1 aromatic carbocycles. The first-order valence-electron chi connectivity index (χ1n) is 8.61. The lowest BCUT2D eigenvalue weighted by Gasteiger charge is -2.37. The molecule has 4 nitrogen and oxygen atoms in total. The quantitative estimate of drug-likeness (QED) is 0.873. The van der Waals surface area contributed by atoms with Crippen LogP contribution in [0, 0.1) is 5.41 Å². The van der Waals surface area contributed by atoms with Crippen LogP contribution in [0.4, 0.5) is 0 Å². The fraction of sp³-hybridized carbons (Fsp3) is 0.632. The zero-order valence-electron chi connectivity index (χ0n) is 14.7. The number of methoxy groups -OCH3 is 1. The maximum absolute atomic E-state index is 12.8. The van der Waals surface area contributed by atoms with Gasteiger partial charge in [-0.25, -0.2) is 0 Å². The van der Waals surface area contributed by atoms with E-state index in [4.69, 9.17) is 10.5 Å². The minimum atomic E-state index is 0.0171. The van der Waals surface area contributed by atoms with Gasteiger partial charge in [0, 0.05) is 13.5 Å². The minimum absolute atomic E-state index is 0.0171. The first-order chi connectivity index (χ1) is 11.0. The zero-order valence-corrected chi connectivity index (χ0v) is 14.7. The van der Waals surface area contributed by atoms with Crippen LogP contribution in [-0.4, -0.2) is 31.5 Å². The lowest BCUT2D eigenvalue weighted by Crippen LogP contribution is -2.40. The molecule has 23 heavy (non-hydrogen) atoms. The van der Waals surface area contributed by atoms with Gasteiger partial charge in [-0.1, -0.05) is 31.4 Å². The van der Waals surface area contributed by atoms with E-state index in [1.165, 1.54) is 19.3 Å². The molecule has 1 aromatic rings. The van der Waals surface area contributed by atoms with E-state index < -0.39 is 0 Å². The number of hydrogen-bond acceptors (Lipinski definition) is 3. The van der Waals surface area contributed by atoms with E-state index in [2.05, 4.69) is 6.92 Å². The maximum Gasteiger partial charge on any atom is 0.223 e. The Morgan fingerprint density at radius 2 is 1.87 bits per heavy atom. The minimum Gasteiger partial charge on any atom is -0.497 e. The first-order valence-corrected chi connectivity index (χ1v) is 8.61. The molecule has 1 aliphatic rings. The van der Waals surface area contributed by atoms with Crippen molar-refractivity contribution in [3.8, 4) is 5.75 Å². The molecule has 4 heteroatoms. The van der Waals surface area contributed by atoms with E-state index in [1.807, 2.05) is 36.2 Å². The van der Waals surface area contributed by atoms with Crippen LogP contribution in [0.3, 0.4) is 0 Å². The van der Waals surface area contributed by atoms with Crippen LogP contribution < -0.4 is 10.5 Å². The number of nitrogens with two attached hydrogens (primary N) is 1. The Kier molecular flexibility index (Phi) is 6.05. The van der Waals surface area contributed by atoms with Crippen LogP contribution in [0.5, 0.6) is 5.75 Å². The van der Waals surface area contributed by atoms with Gasteiger partial charge in [0.2, 0.25) is 5.91 Å². The molecule has 0 radical (unpaired) electrons. The number of rotatable bonds is 6. The summed E-state index contributed by atoms with van der Waals surface area (Å²) >= 11 is 0. The molecule has 0 spiro atoms. The van der Waals surface area contributed by atoms with Crippen LogP contribution in [-0.2, 0) is 4.79 Å². The Bertz CT molecular complexity index is 507. The highest BCUT2D eigenvalue weighted by Crippen LogP contribution is 2.39. The topological polar surface area (TPSA) is 55.6 Å².